The molecule has 1 atom stereocenters. The van der Waals surface area contributed by atoms with Crippen molar-refractivity contribution >= 4 is 0 Å². The number of ether oxygens (including phenoxy) is 1. The number of aliphatic hydroxyl groups is 1. The fourth-order valence-electron chi connectivity index (χ4n) is 3.51. The van der Waals surface area contributed by atoms with Crippen molar-refractivity contribution in [1.82, 2.24) is 4.90 Å². The summed E-state index contributed by atoms with van der Waals surface area (Å²) in [7, 11) is 0. The highest BCUT2D eigenvalue weighted by Crippen LogP contribution is 2.34. The summed E-state index contributed by atoms with van der Waals surface area (Å²) in [5, 5.41) is 10.0. The minimum atomic E-state index is -4.34. The second-order valence-electron chi connectivity index (χ2n) is 7.20. The van der Waals surface area contributed by atoms with E-state index in [1.54, 1.807) is 24.3 Å². The van der Waals surface area contributed by atoms with Crippen LogP contribution in [0.25, 0.3) is 0 Å². The van der Waals surface area contributed by atoms with Gasteiger partial charge in [0.05, 0.1) is 24.9 Å². The number of halogens is 4. The first-order valence-electron chi connectivity index (χ1n) is 9.19. The zero-order valence-corrected chi connectivity index (χ0v) is 15.3. The number of hydrogen-bond donors (Lipinski definition) is 1. The van der Waals surface area contributed by atoms with Crippen LogP contribution in [0.4, 0.5) is 17.6 Å². The van der Waals surface area contributed by atoms with Gasteiger partial charge >= 0.3 is 6.18 Å². The van der Waals surface area contributed by atoms with Crippen LogP contribution in [0.3, 0.4) is 0 Å². The Kier molecular flexibility index (Phi) is 6.69. The van der Waals surface area contributed by atoms with Gasteiger partial charge in [-0.15, -0.1) is 0 Å². The van der Waals surface area contributed by atoms with Crippen LogP contribution < -0.4 is 0 Å². The maximum absolute atomic E-state index is 13.5. The zero-order chi connectivity index (χ0) is 20.1. The monoisotopic (exact) mass is 397 g/mol. The van der Waals surface area contributed by atoms with Crippen molar-refractivity contribution in [1.29, 1.82) is 0 Å². The number of likely N-dealkylation sites (tertiary alicyclic amines) is 1. The molecule has 1 heterocycles. The molecule has 0 radical (unpaired) electrons. The summed E-state index contributed by atoms with van der Waals surface area (Å²) in [4.78, 5) is 1.98. The highest BCUT2D eigenvalue weighted by atomic mass is 19.4. The van der Waals surface area contributed by atoms with Gasteiger partial charge in [0.1, 0.15) is 5.82 Å². The Labute approximate surface area is 161 Å². The third-order valence-corrected chi connectivity index (χ3v) is 4.86. The SMILES string of the molecule is O[C@@H](COCc1ccccc1F)CN1CC(Cc2ccccc2C(F)(F)F)C1. The summed E-state index contributed by atoms with van der Waals surface area (Å²) in [5.41, 5.74) is 0.172. The second kappa shape index (κ2) is 9.03. The van der Waals surface area contributed by atoms with Crippen LogP contribution in [0.5, 0.6) is 0 Å². The quantitative estimate of drug-likeness (QED) is 0.686. The predicted octanol–water partition coefficient (Wildman–Crippen LogP) is 3.90. The van der Waals surface area contributed by atoms with Crippen LogP contribution >= 0.6 is 0 Å². The molecule has 0 aliphatic carbocycles. The second-order valence-corrected chi connectivity index (χ2v) is 7.20. The third-order valence-electron chi connectivity index (χ3n) is 4.86. The third kappa shape index (κ3) is 5.53. The van der Waals surface area contributed by atoms with Crippen LogP contribution in [0.2, 0.25) is 0 Å². The lowest BCUT2D eigenvalue weighted by molar-refractivity contribution is -0.138. The molecule has 1 aliphatic heterocycles. The number of nitrogens with zero attached hydrogens (tertiary/aromatic N) is 1. The molecule has 0 aromatic heterocycles. The molecule has 7 heteroatoms. The van der Waals surface area contributed by atoms with E-state index in [2.05, 4.69) is 0 Å². The number of alkyl halides is 3. The fraction of sp³-hybridized carbons (Fsp3) is 0.429. The molecule has 3 nitrogen and oxygen atoms in total. The Hall–Kier alpha value is -1.96. The first-order chi connectivity index (χ1) is 13.3. The predicted molar refractivity (Wildman–Crippen MR) is 97.1 cm³/mol. The highest BCUT2D eigenvalue weighted by Gasteiger charge is 2.35. The Bertz CT molecular complexity index is 775. The Morgan fingerprint density at radius 3 is 2.36 bits per heavy atom. The average Bonchev–Trinajstić information content (AvgIpc) is 2.61. The van der Waals surface area contributed by atoms with E-state index in [4.69, 9.17) is 4.74 Å². The zero-order valence-electron chi connectivity index (χ0n) is 15.3. The lowest BCUT2D eigenvalue weighted by Gasteiger charge is -2.40. The summed E-state index contributed by atoms with van der Waals surface area (Å²) >= 11 is 0. The number of aliphatic hydroxyl groups excluding tert-OH is 1. The molecule has 152 valence electrons. The lowest BCUT2D eigenvalue weighted by Crippen LogP contribution is -2.51. The van der Waals surface area contributed by atoms with Crippen molar-refractivity contribution in [2.45, 2.75) is 25.3 Å². The fourth-order valence-corrected chi connectivity index (χ4v) is 3.51. The largest absolute Gasteiger partial charge is 0.416 e. The van der Waals surface area contributed by atoms with Crippen molar-refractivity contribution < 1.29 is 27.4 Å². The van der Waals surface area contributed by atoms with Gasteiger partial charge in [0.2, 0.25) is 0 Å². The van der Waals surface area contributed by atoms with Crippen LogP contribution in [-0.2, 0) is 23.9 Å². The van der Waals surface area contributed by atoms with Gasteiger partial charge in [0.25, 0.3) is 0 Å². The van der Waals surface area contributed by atoms with E-state index in [-0.39, 0.29) is 24.9 Å². The van der Waals surface area contributed by atoms with Crippen molar-refractivity contribution in [3.05, 3.63) is 71.0 Å². The molecule has 0 bridgehead atoms. The summed E-state index contributed by atoms with van der Waals surface area (Å²) < 4.78 is 58.0. The molecule has 2 aromatic carbocycles. The van der Waals surface area contributed by atoms with E-state index < -0.39 is 17.8 Å². The molecule has 2 aromatic rings. The van der Waals surface area contributed by atoms with Gasteiger partial charge in [-0.3, -0.25) is 0 Å². The molecule has 3 rings (SSSR count). The van der Waals surface area contributed by atoms with Gasteiger partial charge in [-0.05, 0) is 30.0 Å². The molecule has 28 heavy (non-hydrogen) atoms. The molecule has 0 spiro atoms. The van der Waals surface area contributed by atoms with Crippen LogP contribution in [0.1, 0.15) is 16.7 Å². The van der Waals surface area contributed by atoms with Gasteiger partial charge in [-0.2, -0.15) is 13.2 Å². The Balaban J connectivity index is 1.38. The summed E-state index contributed by atoms with van der Waals surface area (Å²) in [5.74, 6) is -0.211. The molecule has 1 N–H and O–H groups in total. The smallest absolute Gasteiger partial charge is 0.389 e. The van der Waals surface area contributed by atoms with E-state index in [9.17, 15) is 22.7 Å². The van der Waals surface area contributed by atoms with E-state index in [1.807, 2.05) is 4.90 Å². The maximum Gasteiger partial charge on any atom is 0.416 e. The van der Waals surface area contributed by atoms with E-state index >= 15 is 0 Å². The maximum atomic E-state index is 13.5. The Morgan fingerprint density at radius 2 is 1.68 bits per heavy atom. The normalized spacial score (nSPS) is 16.8. The summed E-state index contributed by atoms with van der Waals surface area (Å²) in [6, 6.07) is 12.0. The molecular weight excluding hydrogens is 374 g/mol. The van der Waals surface area contributed by atoms with Crippen LogP contribution in [0, 0.1) is 11.7 Å². The molecule has 1 fully saturated rings. The van der Waals surface area contributed by atoms with Gasteiger partial charge in [0.15, 0.2) is 0 Å². The number of benzene rings is 2. The van der Waals surface area contributed by atoms with Crippen molar-refractivity contribution in [2.24, 2.45) is 5.92 Å². The summed E-state index contributed by atoms with van der Waals surface area (Å²) in [6.07, 6.45) is -4.70. The molecule has 0 amide bonds. The number of rotatable bonds is 8. The minimum absolute atomic E-state index is 0.0758. The molecular formula is C21H23F4NO2. The van der Waals surface area contributed by atoms with Crippen LogP contribution in [-0.4, -0.2) is 42.4 Å². The first-order valence-corrected chi connectivity index (χ1v) is 9.19. The average molecular weight is 397 g/mol. The van der Waals surface area contributed by atoms with Crippen molar-refractivity contribution in [2.75, 3.05) is 26.2 Å². The van der Waals surface area contributed by atoms with Gasteiger partial charge in [0, 0.05) is 25.2 Å². The van der Waals surface area contributed by atoms with E-state index in [0.717, 1.165) is 6.07 Å². The molecule has 1 saturated heterocycles. The lowest BCUT2D eigenvalue weighted by atomic mass is 9.89. The van der Waals surface area contributed by atoms with Crippen LogP contribution in [0.15, 0.2) is 48.5 Å². The Morgan fingerprint density at radius 1 is 1.04 bits per heavy atom. The molecule has 0 saturated carbocycles. The van der Waals surface area contributed by atoms with Crippen molar-refractivity contribution in [3.8, 4) is 0 Å². The van der Waals surface area contributed by atoms with Gasteiger partial charge < -0.3 is 14.7 Å². The highest BCUT2D eigenvalue weighted by molar-refractivity contribution is 5.30. The van der Waals surface area contributed by atoms with Gasteiger partial charge in [-0.1, -0.05) is 36.4 Å². The van der Waals surface area contributed by atoms with Gasteiger partial charge in [-0.25, -0.2) is 4.39 Å². The standard InChI is InChI=1S/C21H23F4NO2/c22-20-8-4-2-6-17(20)13-28-14-18(27)12-26-10-15(11-26)9-16-5-1-3-7-19(16)21(23,24)25/h1-8,15,18,27H,9-14H2/t18-/m1/s1. The van der Waals surface area contributed by atoms with E-state index in [1.165, 1.54) is 18.2 Å². The molecule has 1 aliphatic rings. The topological polar surface area (TPSA) is 32.7 Å². The summed E-state index contributed by atoms with van der Waals surface area (Å²) in [6.45, 7) is 1.81. The molecule has 0 unspecified atom stereocenters. The van der Waals surface area contributed by atoms with Crippen molar-refractivity contribution in [3.63, 3.8) is 0 Å². The number of hydrogen-bond acceptors (Lipinski definition) is 3. The first kappa shape index (κ1) is 20.8. The number of β-amino-alcohol motifs (C(OH)–C–C–N with tert-alkyl or cyclic N) is 1. The van der Waals surface area contributed by atoms with E-state index in [0.29, 0.717) is 37.2 Å². The minimum Gasteiger partial charge on any atom is -0.389 e.